The van der Waals surface area contributed by atoms with Crippen LogP contribution in [0.1, 0.15) is 32.3 Å². The molecule has 1 aromatic heterocycles. The summed E-state index contributed by atoms with van der Waals surface area (Å²) in [4.78, 5) is 11.5. The first-order valence-electron chi connectivity index (χ1n) is 5.64. The van der Waals surface area contributed by atoms with Crippen molar-refractivity contribution in [2.75, 3.05) is 0 Å². The Labute approximate surface area is 101 Å². The smallest absolute Gasteiger partial charge is 0.220 e. The molecule has 0 aliphatic heterocycles. The molecule has 3 N–H and O–H groups in total. The quantitative estimate of drug-likeness (QED) is 0.798. The fraction of sp³-hybridized carbons (Fsp3) is 0.583. The second kappa shape index (κ2) is 6.66. The number of amides is 1. The van der Waals surface area contributed by atoms with Crippen molar-refractivity contribution in [3.8, 4) is 0 Å². The van der Waals surface area contributed by atoms with Crippen molar-refractivity contribution in [2.24, 2.45) is 5.73 Å². The van der Waals surface area contributed by atoms with E-state index in [1.165, 1.54) is 5.56 Å². The highest BCUT2D eigenvalue weighted by atomic mass is 32.1. The molecular weight excluding hydrogens is 220 g/mol. The van der Waals surface area contributed by atoms with Gasteiger partial charge in [-0.25, -0.2) is 0 Å². The van der Waals surface area contributed by atoms with Gasteiger partial charge in [0.15, 0.2) is 0 Å². The molecule has 1 heterocycles. The van der Waals surface area contributed by atoms with Gasteiger partial charge in [-0.15, -0.1) is 0 Å². The molecule has 0 fully saturated rings. The van der Waals surface area contributed by atoms with Gasteiger partial charge in [0.1, 0.15) is 0 Å². The van der Waals surface area contributed by atoms with Crippen LogP contribution in [0.5, 0.6) is 0 Å². The lowest BCUT2D eigenvalue weighted by Gasteiger charge is -2.13. The molecule has 0 radical (unpaired) electrons. The topological polar surface area (TPSA) is 55.1 Å². The van der Waals surface area contributed by atoms with Crippen molar-refractivity contribution in [1.82, 2.24) is 5.32 Å². The van der Waals surface area contributed by atoms with Crippen molar-refractivity contribution in [3.63, 3.8) is 0 Å². The van der Waals surface area contributed by atoms with Crippen molar-refractivity contribution < 1.29 is 4.79 Å². The predicted octanol–water partition coefficient (Wildman–Crippen LogP) is 1.92. The lowest BCUT2D eigenvalue weighted by molar-refractivity contribution is -0.121. The largest absolute Gasteiger partial charge is 0.353 e. The van der Waals surface area contributed by atoms with Gasteiger partial charge in [0, 0.05) is 18.5 Å². The van der Waals surface area contributed by atoms with E-state index in [0.717, 1.165) is 12.8 Å². The number of nitrogens with two attached hydrogens (primary N) is 1. The molecule has 0 aliphatic rings. The molecule has 1 aromatic rings. The van der Waals surface area contributed by atoms with Crippen LogP contribution in [0, 0.1) is 0 Å². The lowest BCUT2D eigenvalue weighted by Crippen LogP contribution is -2.34. The zero-order valence-corrected chi connectivity index (χ0v) is 10.7. The van der Waals surface area contributed by atoms with Crippen molar-refractivity contribution >= 4 is 17.2 Å². The predicted molar refractivity (Wildman–Crippen MR) is 68.5 cm³/mol. The Morgan fingerprint density at radius 3 is 2.88 bits per heavy atom. The van der Waals surface area contributed by atoms with Gasteiger partial charge in [-0.3, -0.25) is 4.79 Å². The first kappa shape index (κ1) is 13.2. The number of rotatable bonds is 6. The first-order chi connectivity index (χ1) is 7.58. The molecule has 2 unspecified atom stereocenters. The summed E-state index contributed by atoms with van der Waals surface area (Å²) in [6.45, 7) is 3.95. The molecule has 4 heteroatoms. The summed E-state index contributed by atoms with van der Waals surface area (Å²) < 4.78 is 0. The maximum Gasteiger partial charge on any atom is 0.220 e. The third kappa shape index (κ3) is 5.28. The molecule has 0 bridgehead atoms. The van der Waals surface area contributed by atoms with Crippen LogP contribution in [0.4, 0.5) is 0 Å². The average molecular weight is 240 g/mol. The van der Waals surface area contributed by atoms with Gasteiger partial charge >= 0.3 is 0 Å². The van der Waals surface area contributed by atoms with E-state index in [9.17, 15) is 4.79 Å². The van der Waals surface area contributed by atoms with Gasteiger partial charge in [-0.1, -0.05) is 0 Å². The van der Waals surface area contributed by atoms with Crippen LogP contribution in [0.3, 0.4) is 0 Å². The molecule has 0 aliphatic carbocycles. The molecule has 1 rings (SSSR count). The van der Waals surface area contributed by atoms with Crippen molar-refractivity contribution in [2.45, 2.75) is 45.2 Å². The van der Waals surface area contributed by atoms with Crippen LogP contribution in [0.2, 0.25) is 0 Å². The number of thiophene rings is 1. The molecule has 0 aromatic carbocycles. The number of nitrogens with one attached hydrogen (secondary N) is 1. The van der Waals surface area contributed by atoms with Crippen LogP contribution >= 0.6 is 11.3 Å². The highest BCUT2D eigenvalue weighted by molar-refractivity contribution is 7.07. The number of carbonyl (C=O) groups is 1. The third-order valence-electron chi connectivity index (χ3n) is 2.36. The Bertz CT molecular complexity index is 309. The molecule has 90 valence electrons. The molecule has 0 saturated carbocycles. The summed E-state index contributed by atoms with van der Waals surface area (Å²) in [5.74, 6) is 0.0972. The summed E-state index contributed by atoms with van der Waals surface area (Å²) in [6.07, 6.45) is 2.16. The number of hydrogen-bond acceptors (Lipinski definition) is 3. The van der Waals surface area contributed by atoms with E-state index < -0.39 is 0 Å². The Balaban J connectivity index is 2.23. The molecular formula is C12H20N2OS. The Kier molecular flexibility index (Phi) is 5.49. The minimum absolute atomic E-state index is 0.0953. The highest BCUT2D eigenvalue weighted by Gasteiger charge is 2.08. The maximum absolute atomic E-state index is 11.5. The van der Waals surface area contributed by atoms with Crippen molar-refractivity contribution in [1.29, 1.82) is 0 Å². The third-order valence-corrected chi connectivity index (χ3v) is 3.09. The van der Waals surface area contributed by atoms with E-state index in [-0.39, 0.29) is 18.0 Å². The van der Waals surface area contributed by atoms with Crippen LogP contribution in [-0.2, 0) is 11.2 Å². The maximum atomic E-state index is 11.5. The van der Waals surface area contributed by atoms with E-state index >= 15 is 0 Å². The fourth-order valence-electron chi connectivity index (χ4n) is 1.52. The van der Waals surface area contributed by atoms with E-state index in [2.05, 4.69) is 22.1 Å². The van der Waals surface area contributed by atoms with Gasteiger partial charge in [0.2, 0.25) is 5.91 Å². The molecule has 0 spiro atoms. The molecule has 16 heavy (non-hydrogen) atoms. The van der Waals surface area contributed by atoms with Gasteiger partial charge in [-0.05, 0) is 49.1 Å². The molecule has 2 atom stereocenters. The van der Waals surface area contributed by atoms with E-state index in [1.807, 2.05) is 13.8 Å². The Morgan fingerprint density at radius 1 is 1.56 bits per heavy atom. The fourth-order valence-corrected chi connectivity index (χ4v) is 2.20. The lowest BCUT2D eigenvalue weighted by atomic mass is 10.1. The highest BCUT2D eigenvalue weighted by Crippen LogP contribution is 2.08. The van der Waals surface area contributed by atoms with Gasteiger partial charge < -0.3 is 11.1 Å². The van der Waals surface area contributed by atoms with E-state index in [4.69, 9.17) is 5.73 Å². The summed E-state index contributed by atoms with van der Waals surface area (Å²) in [5.41, 5.74) is 6.88. The molecule has 0 saturated heterocycles. The summed E-state index contributed by atoms with van der Waals surface area (Å²) in [5, 5.41) is 7.15. The number of hydrogen-bond donors (Lipinski definition) is 2. The summed E-state index contributed by atoms with van der Waals surface area (Å²) in [6, 6.07) is 2.38. The SMILES string of the molecule is CC(N)CCC(=O)NC(C)Cc1ccsc1. The van der Waals surface area contributed by atoms with Crippen LogP contribution in [-0.4, -0.2) is 18.0 Å². The van der Waals surface area contributed by atoms with E-state index in [0.29, 0.717) is 6.42 Å². The standard InChI is InChI=1S/C12H20N2OS/c1-9(13)3-4-12(15)14-10(2)7-11-5-6-16-8-11/h5-6,8-10H,3-4,7,13H2,1-2H3,(H,14,15). The minimum Gasteiger partial charge on any atom is -0.353 e. The Morgan fingerprint density at radius 2 is 2.31 bits per heavy atom. The van der Waals surface area contributed by atoms with Gasteiger partial charge in [0.25, 0.3) is 0 Å². The monoisotopic (exact) mass is 240 g/mol. The van der Waals surface area contributed by atoms with E-state index in [1.54, 1.807) is 11.3 Å². The second-order valence-corrected chi connectivity index (χ2v) is 5.10. The minimum atomic E-state index is 0.0953. The Hall–Kier alpha value is -0.870. The zero-order valence-electron chi connectivity index (χ0n) is 9.90. The first-order valence-corrected chi connectivity index (χ1v) is 6.58. The van der Waals surface area contributed by atoms with Gasteiger partial charge in [-0.2, -0.15) is 11.3 Å². The number of carbonyl (C=O) groups excluding carboxylic acids is 1. The summed E-state index contributed by atoms with van der Waals surface area (Å²) >= 11 is 1.69. The van der Waals surface area contributed by atoms with Crippen molar-refractivity contribution in [3.05, 3.63) is 22.4 Å². The van der Waals surface area contributed by atoms with Crippen LogP contribution in [0.15, 0.2) is 16.8 Å². The van der Waals surface area contributed by atoms with Crippen LogP contribution in [0.25, 0.3) is 0 Å². The average Bonchev–Trinajstić information content (AvgIpc) is 2.67. The molecule has 3 nitrogen and oxygen atoms in total. The molecule has 1 amide bonds. The zero-order chi connectivity index (χ0) is 12.0. The van der Waals surface area contributed by atoms with Crippen LogP contribution < -0.4 is 11.1 Å². The van der Waals surface area contributed by atoms with Gasteiger partial charge in [0.05, 0.1) is 0 Å². The second-order valence-electron chi connectivity index (χ2n) is 4.32. The summed E-state index contributed by atoms with van der Waals surface area (Å²) in [7, 11) is 0. The normalized spacial score (nSPS) is 14.4.